The number of sulfone groups is 1. The Morgan fingerprint density at radius 3 is 2.28 bits per heavy atom. The van der Waals surface area contributed by atoms with E-state index in [1.54, 1.807) is 42.7 Å². The van der Waals surface area contributed by atoms with Gasteiger partial charge in [0.15, 0.2) is 0 Å². The maximum atomic E-state index is 13.3. The third-order valence-electron chi connectivity index (χ3n) is 4.49. The number of urea groups is 1. The van der Waals surface area contributed by atoms with E-state index in [2.05, 4.69) is 5.32 Å². The largest absolute Gasteiger partial charge is 0.446 e. The van der Waals surface area contributed by atoms with Gasteiger partial charge in [-0.1, -0.05) is 18.2 Å². The first-order valence-electron chi connectivity index (χ1n) is 9.77. The van der Waals surface area contributed by atoms with Gasteiger partial charge in [-0.3, -0.25) is 10.2 Å². The highest BCUT2D eigenvalue weighted by Crippen LogP contribution is 2.38. The highest BCUT2D eigenvalue weighted by atomic mass is 32.2. The summed E-state index contributed by atoms with van der Waals surface area (Å²) in [6.07, 6.45) is -3.91. The molecule has 0 radical (unpaired) electrons. The molecule has 3 aromatic rings. The number of nitrogen functional groups attached to an aromatic ring is 1. The Bertz CT molecular complexity index is 1400. The number of thioether (sulfide) groups is 1. The summed E-state index contributed by atoms with van der Waals surface area (Å²) in [5, 5.41) is 10.1. The predicted molar refractivity (Wildman–Crippen MR) is 135 cm³/mol. The first kappa shape index (κ1) is 28.9. The molecule has 0 bridgehead atoms. The number of anilines is 1. The van der Waals surface area contributed by atoms with Crippen LogP contribution in [0, 0.1) is 12.3 Å². The van der Waals surface area contributed by atoms with E-state index in [1.165, 1.54) is 29.2 Å². The molecule has 2 aromatic carbocycles. The molecular weight excluding hydrogens is 537 g/mol. The van der Waals surface area contributed by atoms with Crippen molar-refractivity contribution < 1.29 is 31.2 Å². The van der Waals surface area contributed by atoms with Crippen LogP contribution in [0.1, 0.15) is 10.4 Å². The van der Waals surface area contributed by atoms with Crippen molar-refractivity contribution in [2.45, 2.75) is 27.1 Å². The van der Waals surface area contributed by atoms with Crippen LogP contribution in [0.4, 0.5) is 23.7 Å². The molecule has 0 saturated heterocycles. The highest BCUT2D eigenvalue weighted by Gasteiger charge is 2.26. The van der Waals surface area contributed by atoms with Crippen LogP contribution in [0.3, 0.4) is 0 Å². The molecule has 2 amide bonds. The number of benzene rings is 2. The van der Waals surface area contributed by atoms with Crippen LogP contribution >= 0.6 is 23.1 Å². The summed E-state index contributed by atoms with van der Waals surface area (Å²) in [5.74, 6) is -0.161. The van der Waals surface area contributed by atoms with Crippen LogP contribution in [-0.2, 0) is 14.6 Å². The number of carbonyl (C=O) groups excluding carboxylic acids is 2. The van der Waals surface area contributed by atoms with Crippen molar-refractivity contribution in [2.24, 2.45) is 11.5 Å². The van der Waals surface area contributed by atoms with Crippen LogP contribution in [0.15, 0.2) is 62.5 Å². The Morgan fingerprint density at radius 1 is 1.14 bits per heavy atom. The summed E-state index contributed by atoms with van der Waals surface area (Å²) >= 11 is 2.50. The summed E-state index contributed by atoms with van der Waals surface area (Å²) in [6, 6.07) is 12.8. The number of amides is 2. The smallest absolute Gasteiger partial charge is 0.383 e. The van der Waals surface area contributed by atoms with Gasteiger partial charge in [0.1, 0.15) is 5.84 Å². The first-order chi connectivity index (χ1) is 16.7. The minimum absolute atomic E-state index is 0.153. The number of hydrogen-bond acceptors (Lipinski definition) is 7. The molecule has 14 heteroatoms. The molecule has 36 heavy (non-hydrogen) atoms. The van der Waals surface area contributed by atoms with Crippen LogP contribution < -0.4 is 16.8 Å². The van der Waals surface area contributed by atoms with Crippen molar-refractivity contribution in [3.05, 3.63) is 59.0 Å². The van der Waals surface area contributed by atoms with Crippen molar-refractivity contribution in [3.63, 3.8) is 0 Å². The Labute approximate surface area is 213 Å². The molecule has 0 aliphatic heterocycles. The second kappa shape index (κ2) is 11.6. The predicted octanol–water partition coefficient (Wildman–Crippen LogP) is 4.80. The van der Waals surface area contributed by atoms with Crippen LogP contribution in [-0.4, -0.2) is 39.0 Å². The number of alkyl halides is 3. The molecule has 192 valence electrons. The topological polar surface area (TPSA) is 156 Å². The molecule has 0 fully saturated rings. The van der Waals surface area contributed by atoms with Crippen LogP contribution in [0.25, 0.3) is 11.1 Å². The number of nitrogens with one attached hydrogen (secondary N) is 2. The van der Waals surface area contributed by atoms with E-state index in [9.17, 15) is 26.4 Å². The van der Waals surface area contributed by atoms with Gasteiger partial charge < -0.3 is 16.8 Å². The van der Waals surface area contributed by atoms with E-state index in [0.29, 0.717) is 14.8 Å². The molecule has 0 aliphatic carbocycles. The number of aryl methyl sites for hydroxylation is 1. The van der Waals surface area contributed by atoms with Gasteiger partial charge in [0.2, 0.25) is 16.1 Å². The highest BCUT2D eigenvalue weighted by molar-refractivity contribution is 8.01. The van der Waals surface area contributed by atoms with Gasteiger partial charge >= 0.3 is 12.2 Å². The lowest BCUT2D eigenvalue weighted by atomic mass is 10.00. The molecule has 0 aliphatic rings. The van der Waals surface area contributed by atoms with E-state index in [0.717, 1.165) is 16.7 Å². The second-order valence-electron chi connectivity index (χ2n) is 7.09. The van der Waals surface area contributed by atoms with Gasteiger partial charge in [0.05, 0.1) is 18.9 Å². The monoisotopic (exact) mass is 558 g/mol. The quantitative estimate of drug-likeness (QED) is 0.147. The second-order valence-corrected chi connectivity index (χ2v) is 11.1. The molecule has 0 atom stereocenters. The average Bonchev–Trinajstić information content (AvgIpc) is 3.25. The van der Waals surface area contributed by atoms with Crippen molar-refractivity contribution in [1.29, 1.82) is 5.41 Å². The molecule has 1 aromatic heterocycles. The summed E-state index contributed by atoms with van der Waals surface area (Å²) in [7, 11) is -3.80. The zero-order valence-electron chi connectivity index (χ0n) is 18.8. The van der Waals surface area contributed by atoms with Gasteiger partial charge in [0, 0.05) is 5.69 Å². The minimum Gasteiger partial charge on any atom is -0.383 e. The Hall–Kier alpha value is -3.36. The zero-order chi connectivity index (χ0) is 27.3. The van der Waals surface area contributed by atoms with E-state index < -0.39 is 28.3 Å². The Morgan fingerprint density at radius 2 is 1.78 bits per heavy atom. The van der Waals surface area contributed by atoms with Crippen molar-refractivity contribution in [1.82, 2.24) is 0 Å². The number of halogens is 3. The fourth-order valence-corrected chi connectivity index (χ4v) is 6.89. The number of rotatable bonds is 6. The SMILES string of the molecule is CSc1sc(C(=N)N)cc1S(=O)(=O)c1cccc(-c2ccc(NC(N)=O)cc2C)c1.O=CC(F)(F)F. The number of thiophene rings is 1. The number of hydrogen-bond donors (Lipinski definition) is 4. The van der Waals surface area contributed by atoms with Crippen molar-refractivity contribution in [3.8, 4) is 11.1 Å². The normalized spacial score (nSPS) is 11.2. The van der Waals surface area contributed by atoms with Crippen molar-refractivity contribution in [2.75, 3.05) is 11.6 Å². The lowest BCUT2D eigenvalue weighted by molar-refractivity contribution is -0.156. The fourth-order valence-electron chi connectivity index (χ4n) is 2.99. The number of nitrogens with two attached hydrogens (primary N) is 2. The molecule has 0 unspecified atom stereocenters. The summed E-state index contributed by atoms with van der Waals surface area (Å²) in [5.41, 5.74) is 13.7. The molecule has 0 spiro atoms. The molecule has 0 saturated carbocycles. The lowest BCUT2D eigenvalue weighted by Gasteiger charge is -2.11. The zero-order valence-corrected chi connectivity index (χ0v) is 21.3. The summed E-state index contributed by atoms with van der Waals surface area (Å²) in [4.78, 5) is 20.5. The Kier molecular flexibility index (Phi) is 9.29. The number of aldehydes is 1. The third-order valence-corrected chi connectivity index (χ3v) is 8.83. The first-order valence-corrected chi connectivity index (χ1v) is 13.3. The summed E-state index contributed by atoms with van der Waals surface area (Å²) in [6.45, 7) is 1.87. The van der Waals surface area contributed by atoms with Gasteiger partial charge in [-0.15, -0.1) is 23.1 Å². The number of carbonyl (C=O) groups is 2. The van der Waals surface area contributed by atoms with Gasteiger partial charge in [-0.05, 0) is 60.2 Å². The van der Waals surface area contributed by atoms with Crippen molar-refractivity contribution >= 4 is 56.8 Å². The molecule has 3 rings (SSSR count). The number of amidine groups is 1. The summed E-state index contributed by atoms with van der Waals surface area (Å²) < 4.78 is 58.5. The Balaban J connectivity index is 0.000000678. The van der Waals surface area contributed by atoms with E-state index >= 15 is 0 Å². The third kappa shape index (κ3) is 7.32. The molecule has 1 heterocycles. The van der Waals surface area contributed by atoms with Gasteiger partial charge in [-0.25, -0.2) is 13.2 Å². The van der Waals surface area contributed by atoms with Gasteiger partial charge in [0.25, 0.3) is 0 Å². The van der Waals surface area contributed by atoms with Gasteiger partial charge in [-0.2, -0.15) is 13.2 Å². The maximum Gasteiger partial charge on any atom is 0.446 e. The van der Waals surface area contributed by atoms with E-state index in [4.69, 9.17) is 21.7 Å². The molecular formula is C22H21F3N4O4S3. The number of primary amides is 1. The van der Waals surface area contributed by atoms with Crippen LogP contribution in [0.5, 0.6) is 0 Å². The van der Waals surface area contributed by atoms with E-state index in [-0.39, 0.29) is 15.6 Å². The fraction of sp³-hybridized carbons (Fsp3) is 0.136. The van der Waals surface area contributed by atoms with E-state index in [1.807, 2.05) is 13.0 Å². The molecule has 8 nitrogen and oxygen atoms in total. The maximum absolute atomic E-state index is 13.3. The standard InChI is InChI=1S/C20H20N4O3S3.C2HF3O/c1-11-8-13(24-20(23)25)6-7-15(11)12-4-3-5-14(9-12)30(26,27)17-10-16(18(21)22)29-19(17)28-2;3-2(4,5)1-6/h3-10H,1-2H3,(H3,21,22)(H3,23,24,25);1H. The average molecular weight is 559 g/mol. The lowest BCUT2D eigenvalue weighted by Crippen LogP contribution is -2.19. The molecule has 6 N–H and O–H groups in total. The van der Waals surface area contributed by atoms with Crippen LogP contribution in [0.2, 0.25) is 0 Å². The minimum atomic E-state index is -4.64.